The van der Waals surface area contributed by atoms with E-state index in [1.165, 1.54) is 4.68 Å². The van der Waals surface area contributed by atoms with Crippen LogP contribution in [0.4, 0.5) is 0 Å². The van der Waals surface area contributed by atoms with Gasteiger partial charge >= 0.3 is 0 Å². The van der Waals surface area contributed by atoms with Crippen molar-refractivity contribution in [2.45, 2.75) is 19.6 Å². The molecule has 1 N–H and O–H groups in total. The zero-order valence-corrected chi connectivity index (χ0v) is 14.2. The SMILES string of the molecule is Cc1onc2c(=O)n(C[C@H](O)c3ccccc3)nc(-c3ccccc3)c12. The Bertz CT molecular complexity index is 1100. The van der Waals surface area contributed by atoms with Crippen molar-refractivity contribution in [3.63, 3.8) is 0 Å². The van der Waals surface area contributed by atoms with Crippen LogP contribution in [0.3, 0.4) is 0 Å². The Morgan fingerprint density at radius 2 is 1.73 bits per heavy atom. The van der Waals surface area contributed by atoms with E-state index in [0.29, 0.717) is 16.8 Å². The van der Waals surface area contributed by atoms with Crippen molar-refractivity contribution in [3.8, 4) is 11.3 Å². The van der Waals surface area contributed by atoms with Gasteiger partial charge in [-0.25, -0.2) is 4.68 Å². The van der Waals surface area contributed by atoms with Gasteiger partial charge in [0, 0.05) is 5.56 Å². The quantitative estimate of drug-likeness (QED) is 0.613. The molecule has 2 aromatic carbocycles. The van der Waals surface area contributed by atoms with Gasteiger partial charge in [0.2, 0.25) is 0 Å². The Kier molecular flexibility index (Phi) is 4.10. The van der Waals surface area contributed by atoms with E-state index in [1.807, 2.05) is 60.7 Å². The molecule has 0 aliphatic carbocycles. The van der Waals surface area contributed by atoms with Crippen LogP contribution < -0.4 is 5.56 Å². The van der Waals surface area contributed by atoms with Crippen molar-refractivity contribution >= 4 is 10.9 Å². The van der Waals surface area contributed by atoms with Crippen molar-refractivity contribution in [1.82, 2.24) is 14.9 Å². The highest BCUT2D eigenvalue weighted by atomic mass is 16.5. The smallest absolute Gasteiger partial charge is 0.296 e. The van der Waals surface area contributed by atoms with Crippen molar-refractivity contribution < 1.29 is 9.63 Å². The van der Waals surface area contributed by atoms with Crippen LogP contribution in [-0.2, 0) is 6.54 Å². The zero-order chi connectivity index (χ0) is 18.1. The number of hydrogen-bond donors (Lipinski definition) is 1. The van der Waals surface area contributed by atoms with Crippen LogP contribution in [0.15, 0.2) is 70.0 Å². The molecular weight excluding hydrogens is 330 g/mol. The fourth-order valence-corrected chi connectivity index (χ4v) is 3.00. The van der Waals surface area contributed by atoms with E-state index >= 15 is 0 Å². The minimum atomic E-state index is -0.851. The molecule has 0 saturated carbocycles. The van der Waals surface area contributed by atoms with E-state index in [-0.39, 0.29) is 17.6 Å². The topological polar surface area (TPSA) is 81.2 Å². The highest BCUT2D eigenvalue weighted by molar-refractivity contribution is 5.92. The van der Waals surface area contributed by atoms with E-state index in [1.54, 1.807) is 6.92 Å². The summed E-state index contributed by atoms with van der Waals surface area (Å²) in [6.07, 6.45) is -0.851. The minimum Gasteiger partial charge on any atom is -0.386 e. The van der Waals surface area contributed by atoms with Gasteiger partial charge in [0.1, 0.15) is 11.5 Å². The lowest BCUT2D eigenvalue weighted by Gasteiger charge is -2.13. The van der Waals surface area contributed by atoms with Crippen LogP contribution in [0, 0.1) is 6.92 Å². The fourth-order valence-electron chi connectivity index (χ4n) is 3.00. The van der Waals surface area contributed by atoms with Crippen molar-refractivity contribution in [3.05, 3.63) is 82.3 Å². The number of fused-ring (bicyclic) bond motifs is 1. The average Bonchev–Trinajstić information content (AvgIpc) is 3.07. The van der Waals surface area contributed by atoms with Crippen LogP contribution in [0.5, 0.6) is 0 Å². The lowest BCUT2D eigenvalue weighted by molar-refractivity contribution is 0.149. The first kappa shape index (κ1) is 16.2. The van der Waals surface area contributed by atoms with E-state index in [0.717, 1.165) is 11.1 Å². The van der Waals surface area contributed by atoms with Gasteiger partial charge in [-0.3, -0.25) is 4.79 Å². The van der Waals surface area contributed by atoms with Crippen molar-refractivity contribution in [1.29, 1.82) is 0 Å². The number of aryl methyl sites for hydroxylation is 1. The zero-order valence-electron chi connectivity index (χ0n) is 14.2. The van der Waals surface area contributed by atoms with Crippen molar-refractivity contribution in [2.24, 2.45) is 0 Å². The predicted octanol–water partition coefficient (Wildman–Crippen LogP) is 3.09. The molecule has 0 amide bonds. The second kappa shape index (κ2) is 6.57. The summed E-state index contributed by atoms with van der Waals surface area (Å²) in [4.78, 5) is 12.8. The molecule has 0 fully saturated rings. The molecule has 4 aromatic rings. The standard InChI is InChI=1S/C20H17N3O3/c1-13-17-18(15-10-6-3-7-11-15)21-23(20(25)19(17)22-26-13)12-16(24)14-8-4-2-5-9-14/h2-11,16,24H,12H2,1H3/t16-/m0/s1. The molecular formula is C20H17N3O3. The first-order valence-electron chi connectivity index (χ1n) is 8.30. The number of aliphatic hydroxyl groups excluding tert-OH is 1. The summed E-state index contributed by atoms with van der Waals surface area (Å²) in [5.41, 5.74) is 2.02. The third-order valence-corrected chi connectivity index (χ3v) is 4.33. The van der Waals surface area contributed by atoms with E-state index in [2.05, 4.69) is 10.3 Å². The molecule has 6 heteroatoms. The maximum atomic E-state index is 12.8. The maximum absolute atomic E-state index is 12.8. The number of hydrogen-bond acceptors (Lipinski definition) is 5. The lowest BCUT2D eigenvalue weighted by Crippen LogP contribution is -2.26. The molecule has 0 radical (unpaired) electrons. The molecule has 4 rings (SSSR count). The first-order valence-corrected chi connectivity index (χ1v) is 8.30. The van der Waals surface area contributed by atoms with E-state index < -0.39 is 6.10 Å². The monoisotopic (exact) mass is 347 g/mol. The van der Waals surface area contributed by atoms with Crippen LogP contribution in [0.1, 0.15) is 17.4 Å². The van der Waals surface area contributed by atoms with Crippen LogP contribution in [0.2, 0.25) is 0 Å². The second-order valence-corrected chi connectivity index (χ2v) is 6.09. The van der Waals surface area contributed by atoms with Crippen LogP contribution in [-0.4, -0.2) is 20.0 Å². The Labute approximate surface area is 149 Å². The van der Waals surface area contributed by atoms with E-state index in [4.69, 9.17) is 4.52 Å². The summed E-state index contributed by atoms with van der Waals surface area (Å²) in [6, 6.07) is 18.7. The number of aromatic nitrogens is 3. The van der Waals surface area contributed by atoms with E-state index in [9.17, 15) is 9.90 Å². The van der Waals surface area contributed by atoms with Gasteiger partial charge in [-0.15, -0.1) is 0 Å². The number of rotatable bonds is 4. The summed E-state index contributed by atoms with van der Waals surface area (Å²) in [7, 11) is 0. The second-order valence-electron chi connectivity index (χ2n) is 6.09. The Morgan fingerprint density at radius 3 is 2.42 bits per heavy atom. The first-order chi connectivity index (χ1) is 12.6. The molecule has 0 unspecified atom stereocenters. The van der Waals surface area contributed by atoms with Crippen molar-refractivity contribution in [2.75, 3.05) is 0 Å². The van der Waals surface area contributed by atoms with Crippen LogP contribution >= 0.6 is 0 Å². The highest BCUT2D eigenvalue weighted by Crippen LogP contribution is 2.27. The molecule has 6 nitrogen and oxygen atoms in total. The summed E-state index contributed by atoms with van der Waals surface area (Å²) >= 11 is 0. The third kappa shape index (κ3) is 2.80. The molecule has 130 valence electrons. The van der Waals surface area contributed by atoms with Gasteiger partial charge in [-0.05, 0) is 12.5 Å². The maximum Gasteiger partial charge on any atom is 0.296 e. The van der Waals surface area contributed by atoms with Gasteiger partial charge < -0.3 is 9.63 Å². The Morgan fingerprint density at radius 1 is 1.08 bits per heavy atom. The molecule has 1 atom stereocenters. The normalized spacial score (nSPS) is 12.4. The number of nitrogens with zero attached hydrogens (tertiary/aromatic N) is 3. The Hall–Kier alpha value is -3.25. The highest BCUT2D eigenvalue weighted by Gasteiger charge is 2.20. The molecule has 0 aliphatic heterocycles. The largest absolute Gasteiger partial charge is 0.386 e. The number of benzene rings is 2. The van der Waals surface area contributed by atoms with Crippen LogP contribution in [0.25, 0.3) is 22.2 Å². The molecule has 0 bridgehead atoms. The van der Waals surface area contributed by atoms with Gasteiger partial charge in [-0.1, -0.05) is 65.8 Å². The fraction of sp³-hybridized carbons (Fsp3) is 0.150. The summed E-state index contributed by atoms with van der Waals surface area (Å²) in [5.74, 6) is 0.541. The van der Waals surface area contributed by atoms with Gasteiger partial charge in [0.25, 0.3) is 5.56 Å². The summed E-state index contributed by atoms with van der Waals surface area (Å²) < 4.78 is 6.49. The molecule has 0 spiro atoms. The van der Waals surface area contributed by atoms with Gasteiger partial charge in [-0.2, -0.15) is 5.10 Å². The predicted molar refractivity (Wildman–Crippen MR) is 97.6 cm³/mol. The number of aliphatic hydroxyl groups is 1. The molecule has 0 saturated heterocycles. The lowest BCUT2D eigenvalue weighted by atomic mass is 10.1. The molecule has 0 aliphatic rings. The van der Waals surface area contributed by atoms with Gasteiger partial charge in [0.05, 0.1) is 18.0 Å². The minimum absolute atomic E-state index is 0.0323. The summed E-state index contributed by atoms with van der Waals surface area (Å²) in [6.45, 7) is 1.79. The summed E-state index contributed by atoms with van der Waals surface area (Å²) in [5, 5.41) is 19.5. The van der Waals surface area contributed by atoms with Gasteiger partial charge in [0.15, 0.2) is 5.52 Å². The molecule has 26 heavy (non-hydrogen) atoms. The molecule has 2 heterocycles. The molecule has 2 aromatic heterocycles. The Balaban J connectivity index is 1.86. The average molecular weight is 347 g/mol. The third-order valence-electron chi connectivity index (χ3n) is 4.33.